The molecule has 98 valence electrons. The van der Waals surface area contributed by atoms with Crippen LogP contribution in [0.15, 0.2) is 4.60 Å². The third-order valence-electron chi connectivity index (χ3n) is 3.75. The average molecular weight is 330 g/mol. The SMILES string of the molecule is O=CN1CCc2c(c(Br)nn2C2CCSCC2)C1. The Morgan fingerprint density at radius 1 is 1.39 bits per heavy atom. The second-order valence-electron chi connectivity index (χ2n) is 4.83. The number of halogens is 1. The van der Waals surface area contributed by atoms with Crippen LogP contribution in [0.1, 0.15) is 30.1 Å². The van der Waals surface area contributed by atoms with Gasteiger partial charge in [0.2, 0.25) is 6.41 Å². The van der Waals surface area contributed by atoms with Crippen molar-refractivity contribution in [1.82, 2.24) is 14.7 Å². The molecule has 0 atom stereocenters. The molecule has 1 amide bonds. The van der Waals surface area contributed by atoms with Crippen molar-refractivity contribution >= 4 is 34.1 Å². The molecule has 1 saturated heterocycles. The van der Waals surface area contributed by atoms with Gasteiger partial charge in [-0.05, 0) is 40.3 Å². The highest BCUT2D eigenvalue weighted by atomic mass is 79.9. The van der Waals surface area contributed by atoms with E-state index < -0.39 is 0 Å². The Kier molecular flexibility index (Phi) is 3.66. The quantitative estimate of drug-likeness (QED) is 0.781. The highest BCUT2D eigenvalue weighted by Crippen LogP contribution is 2.33. The van der Waals surface area contributed by atoms with Crippen LogP contribution in [-0.4, -0.2) is 39.1 Å². The van der Waals surface area contributed by atoms with Gasteiger partial charge in [-0.1, -0.05) is 0 Å². The van der Waals surface area contributed by atoms with Crippen LogP contribution >= 0.6 is 27.7 Å². The standard InChI is InChI=1S/C12H16BrN3OS/c13-12-10-7-15(8-17)4-1-11(10)16(14-12)9-2-5-18-6-3-9/h8-9H,1-7H2. The number of hydrogen-bond acceptors (Lipinski definition) is 3. The summed E-state index contributed by atoms with van der Waals surface area (Å²) in [4.78, 5) is 12.7. The molecule has 0 aromatic carbocycles. The fraction of sp³-hybridized carbons (Fsp3) is 0.667. The third kappa shape index (κ3) is 2.20. The molecule has 1 aromatic rings. The van der Waals surface area contributed by atoms with Crippen LogP contribution in [0.4, 0.5) is 0 Å². The number of amides is 1. The summed E-state index contributed by atoms with van der Waals surface area (Å²) in [5.74, 6) is 2.47. The lowest BCUT2D eigenvalue weighted by atomic mass is 10.1. The first-order valence-corrected chi connectivity index (χ1v) is 8.27. The summed E-state index contributed by atoms with van der Waals surface area (Å²) in [5, 5.41) is 4.67. The van der Waals surface area contributed by atoms with E-state index in [0.717, 1.165) is 24.0 Å². The highest BCUT2D eigenvalue weighted by Gasteiger charge is 2.27. The Morgan fingerprint density at radius 2 is 2.17 bits per heavy atom. The maximum Gasteiger partial charge on any atom is 0.210 e. The van der Waals surface area contributed by atoms with E-state index in [9.17, 15) is 4.79 Å². The first-order chi connectivity index (χ1) is 8.79. The second-order valence-corrected chi connectivity index (χ2v) is 6.81. The lowest BCUT2D eigenvalue weighted by Gasteiger charge is -2.27. The van der Waals surface area contributed by atoms with Crippen LogP contribution in [-0.2, 0) is 17.8 Å². The van der Waals surface area contributed by atoms with Crippen molar-refractivity contribution < 1.29 is 4.79 Å². The van der Waals surface area contributed by atoms with Crippen LogP contribution in [0, 0.1) is 0 Å². The summed E-state index contributed by atoms with van der Waals surface area (Å²) in [6.07, 6.45) is 4.28. The normalized spacial score (nSPS) is 20.8. The predicted octanol–water partition coefficient (Wildman–Crippen LogP) is 2.23. The maximum absolute atomic E-state index is 10.9. The van der Waals surface area contributed by atoms with Crippen molar-refractivity contribution in [3.05, 3.63) is 15.9 Å². The van der Waals surface area contributed by atoms with Gasteiger partial charge < -0.3 is 4.90 Å². The predicted molar refractivity (Wildman–Crippen MR) is 75.7 cm³/mol. The number of aromatic nitrogens is 2. The smallest absolute Gasteiger partial charge is 0.210 e. The third-order valence-corrected chi connectivity index (χ3v) is 5.44. The van der Waals surface area contributed by atoms with Gasteiger partial charge in [0.05, 0.1) is 6.04 Å². The van der Waals surface area contributed by atoms with Crippen LogP contribution in [0.3, 0.4) is 0 Å². The first-order valence-electron chi connectivity index (χ1n) is 6.32. The Morgan fingerprint density at radius 3 is 2.89 bits per heavy atom. The second kappa shape index (κ2) is 5.25. The van der Waals surface area contributed by atoms with Crippen LogP contribution in [0.25, 0.3) is 0 Å². The number of thioether (sulfide) groups is 1. The van der Waals surface area contributed by atoms with Gasteiger partial charge in [0.15, 0.2) is 0 Å². The molecule has 3 heterocycles. The molecule has 1 aromatic heterocycles. The molecule has 0 radical (unpaired) electrons. The Balaban J connectivity index is 1.90. The van der Waals surface area contributed by atoms with Crippen LogP contribution < -0.4 is 0 Å². The molecule has 2 aliphatic heterocycles. The molecule has 0 spiro atoms. The molecular formula is C12H16BrN3OS. The summed E-state index contributed by atoms with van der Waals surface area (Å²) in [5.41, 5.74) is 2.53. The fourth-order valence-corrected chi connectivity index (χ4v) is 4.35. The zero-order valence-corrected chi connectivity index (χ0v) is 12.5. The molecule has 18 heavy (non-hydrogen) atoms. The zero-order valence-electron chi connectivity index (χ0n) is 10.1. The van der Waals surface area contributed by atoms with Crippen molar-refractivity contribution in [3.8, 4) is 0 Å². The zero-order chi connectivity index (χ0) is 12.5. The van der Waals surface area contributed by atoms with Gasteiger partial charge in [0.1, 0.15) is 4.60 Å². The lowest BCUT2D eigenvalue weighted by Crippen LogP contribution is -2.30. The molecule has 1 fully saturated rings. The van der Waals surface area contributed by atoms with E-state index in [1.54, 1.807) is 0 Å². The Hall–Kier alpha value is -0.490. The monoisotopic (exact) mass is 329 g/mol. The van der Waals surface area contributed by atoms with Gasteiger partial charge in [-0.2, -0.15) is 16.9 Å². The van der Waals surface area contributed by atoms with Gasteiger partial charge >= 0.3 is 0 Å². The molecule has 0 bridgehead atoms. The van der Waals surface area contributed by atoms with E-state index in [1.807, 2.05) is 16.7 Å². The number of hydrogen-bond donors (Lipinski definition) is 0. The van der Waals surface area contributed by atoms with Crippen molar-refractivity contribution in [1.29, 1.82) is 0 Å². The van der Waals surface area contributed by atoms with Crippen molar-refractivity contribution in [2.75, 3.05) is 18.1 Å². The number of carbonyl (C=O) groups excluding carboxylic acids is 1. The van der Waals surface area contributed by atoms with Crippen molar-refractivity contribution in [2.24, 2.45) is 0 Å². The van der Waals surface area contributed by atoms with E-state index in [1.165, 1.54) is 35.6 Å². The summed E-state index contributed by atoms with van der Waals surface area (Å²) < 4.78 is 3.14. The molecule has 3 rings (SSSR count). The Bertz CT molecular complexity index is 456. The number of fused-ring (bicyclic) bond motifs is 1. The van der Waals surface area contributed by atoms with E-state index in [2.05, 4.69) is 25.7 Å². The molecule has 0 N–H and O–H groups in total. The van der Waals surface area contributed by atoms with Gasteiger partial charge in [-0.3, -0.25) is 9.48 Å². The number of carbonyl (C=O) groups is 1. The lowest BCUT2D eigenvalue weighted by molar-refractivity contribution is -0.118. The minimum atomic E-state index is 0.550. The molecule has 4 nitrogen and oxygen atoms in total. The van der Waals surface area contributed by atoms with Gasteiger partial charge in [0.25, 0.3) is 0 Å². The van der Waals surface area contributed by atoms with Crippen molar-refractivity contribution in [3.63, 3.8) is 0 Å². The fourth-order valence-electron chi connectivity index (χ4n) is 2.75. The van der Waals surface area contributed by atoms with E-state index >= 15 is 0 Å². The summed E-state index contributed by atoms with van der Waals surface area (Å²) in [7, 11) is 0. The molecule has 0 unspecified atom stereocenters. The summed E-state index contributed by atoms with van der Waals surface area (Å²) in [6, 6.07) is 0.550. The molecule has 0 aliphatic carbocycles. The van der Waals surface area contributed by atoms with Gasteiger partial charge in [-0.25, -0.2) is 0 Å². The average Bonchev–Trinajstić information content (AvgIpc) is 2.77. The van der Waals surface area contributed by atoms with Gasteiger partial charge in [-0.15, -0.1) is 0 Å². The minimum Gasteiger partial charge on any atom is -0.340 e. The van der Waals surface area contributed by atoms with Gasteiger partial charge in [0, 0.05) is 30.8 Å². The maximum atomic E-state index is 10.9. The Labute approximate surface area is 119 Å². The summed E-state index contributed by atoms with van der Waals surface area (Å²) >= 11 is 5.58. The first kappa shape index (κ1) is 12.5. The van der Waals surface area contributed by atoms with Crippen LogP contribution in [0.2, 0.25) is 0 Å². The van der Waals surface area contributed by atoms with E-state index in [4.69, 9.17) is 0 Å². The number of rotatable bonds is 2. The van der Waals surface area contributed by atoms with E-state index in [-0.39, 0.29) is 0 Å². The van der Waals surface area contributed by atoms with Crippen molar-refractivity contribution in [2.45, 2.75) is 31.8 Å². The van der Waals surface area contributed by atoms with Crippen LogP contribution in [0.5, 0.6) is 0 Å². The summed E-state index contributed by atoms with van der Waals surface area (Å²) in [6.45, 7) is 1.51. The highest BCUT2D eigenvalue weighted by molar-refractivity contribution is 9.10. The molecule has 0 saturated carbocycles. The molecular weight excluding hydrogens is 314 g/mol. The topological polar surface area (TPSA) is 38.1 Å². The number of nitrogens with zero attached hydrogens (tertiary/aromatic N) is 3. The largest absolute Gasteiger partial charge is 0.340 e. The minimum absolute atomic E-state index is 0.550. The molecule has 6 heteroatoms. The molecule has 2 aliphatic rings. The van der Waals surface area contributed by atoms with E-state index in [0.29, 0.717) is 12.6 Å².